The second-order valence-corrected chi connectivity index (χ2v) is 3.34. The maximum Gasteiger partial charge on any atom is 0.251 e. The zero-order chi connectivity index (χ0) is 10.7. The monoisotopic (exact) mass is 204 g/mol. The van der Waals surface area contributed by atoms with Crippen LogP contribution in [0, 0.1) is 0 Å². The van der Waals surface area contributed by atoms with Crippen LogP contribution in [-0.2, 0) is 6.42 Å². The van der Waals surface area contributed by atoms with Gasteiger partial charge in [-0.25, -0.2) is 4.98 Å². The van der Waals surface area contributed by atoms with E-state index in [1.807, 2.05) is 6.92 Å². The normalized spacial score (nSPS) is 10.5. The van der Waals surface area contributed by atoms with Crippen LogP contribution in [0.5, 0.6) is 0 Å². The Bertz CT molecular complexity index is 486. The second-order valence-electron chi connectivity index (χ2n) is 3.34. The molecule has 2 rings (SSSR count). The van der Waals surface area contributed by atoms with Crippen LogP contribution in [0.15, 0.2) is 33.9 Å². The number of hydrogen-bond donors (Lipinski definition) is 1. The van der Waals surface area contributed by atoms with Crippen molar-refractivity contribution in [1.82, 2.24) is 9.97 Å². The molecule has 0 aliphatic rings. The van der Waals surface area contributed by atoms with Gasteiger partial charge in [-0.1, -0.05) is 6.92 Å². The van der Waals surface area contributed by atoms with Gasteiger partial charge in [-0.15, -0.1) is 0 Å². The van der Waals surface area contributed by atoms with Crippen molar-refractivity contribution in [2.45, 2.75) is 19.8 Å². The molecule has 4 heteroatoms. The smallest absolute Gasteiger partial charge is 0.251 e. The Kier molecular flexibility index (Phi) is 2.67. The molecule has 2 aromatic rings. The third kappa shape index (κ3) is 2.15. The van der Waals surface area contributed by atoms with Crippen LogP contribution < -0.4 is 5.56 Å². The molecule has 1 N–H and O–H groups in total. The van der Waals surface area contributed by atoms with E-state index in [9.17, 15) is 4.79 Å². The van der Waals surface area contributed by atoms with Crippen LogP contribution in [0.2, 0.25) is 0 Å². The van der Waals surface area contributed by atoms with E-state index < -0.39 is 0 Å². The van der Waals surface area contributed by atoms with E-state index in [2.05, 4.69) is 9.97 Å². The van der Waals surface area contributed by atoms with E-state index in [0.29, 0.717) is 5.69 Å². The largest absolute Gasteiger partial charge is 0.472 e. The Morgan fingerprint density at radius 3 is 3.07 bits per heavy atom. The van der Waals surface area contributed by atoms with Crippen molar-refractivity contribution >= 4 is 0 Å². The molecule has 2 aromatic heterocycles. The van der Waals surface area contributed by atoms with Gasteiger partial charge in [0, 0.05) is 18.1 Å². The minimum absolute atomic E-state index is 0.121. The number of nitrogens with zero attached hydrogens (tertiary/aromatic N) is 1. The number of aryl methyl sites for hydroxylation is 1. The SMILES string of the molecule is CCCc1nc(-c2ccoc2)cc(=O)[nH]1. The highest BCUT2D eigenvalue weighted by Gasteiger charge is 2.04. The Morgan fingerprint density at radius 2 is 2.40 bits per heavy atom. The molecule has 0 saturated heterocycles. The van der Waals surface area contributed by atoms with E-state index in [0.717, 1.165) is 24.2 Å². The lowest BCUT2D eigenvalue weighted by atomic mass is 10.2. The van der Waals surface area contributed by atoms with Crippen LogP contribution in [0.1, 0.15) is 19.2 Å². The standard InChI is InChI=1S/C11H12N2O2/c1-2-3-10-12-9(6-11(14)13-10)8-4-5-15-7-8/h4-7H,2-3H2,1H3,(H,12,13,14). The lowest BCUT2D eigenvalue weighted by Gasteiger charge is -2.00. The number of H-pyrrole nitrogens is 1. The summed E-state index contributed by atoms with van der Waals surface area (Å²) in [5, 5.41) is 0. The van der Waals surface area contributed by atoms with Gasteiger partial charge in [-0.3, -0.25) is 4.79 Å². The Hall–Kier alpha value is -1.84. The first-order valence-electron chi connectivity index (χ1n) is 4.92. The highest BCUT2D eigenvalue weighted by molar-refractivity contribution is 5.56. The van der Waals surface area contributed by atoms with Crippen molar-refractivity contribution in [2.24, 2.45) is 0 Å². The molecular formula is C11H12N2O2. The van der Waals surface area contributed by atoms with Gasteiger partial charge in [0.25, 0.3) is 5.56 Å². The minimum Gasteiger partial charge on any atom is -0.472 e. The van der Waals surface area contributed by atoms with Gasteiger partial charge in [-0.2, -0.15) is 0 Å². The molecule has 0 aromatic carbocycles. The van der Waals surface area contributed by atoms with Crippen LogP contribution >= 0.6 is 0 Å². The number of nitrogens with one attached hydrogen (secondary N) is 1. The maximum absolute atomic E-state index is 11.4. The minimum atomic E-state index is -0.121. The van der Waals surface area contributed by atoms with E-state index >= 15 is 0 Å². The zero-order valence-electron chi connectivity index (χ0n) is 8.49. The molecule has 0 spiro atoms. The van der Waals surface area contributed by atoms with Crippen LogP contribution in [0.4, 0.5) is 0 Å². The van der Waals surface area contributed by atoms with Gasteiger partial charge in [0.15, 0.2) is 0 Å². The fourth-order valence-corrected chi connectivity index (χ4v) is 1.42. The summed E-state index contributed by atoms with van der Waals surface area (Å²) in [5.41, 5.74) is 1.37. The summed E-state index contributed by atoms with van der Waals surface area (Å²) in [6.45, 7) is 2.05. The molecule has 0 bridgehead atoms. The summed E-state index contributed by atoms with van der Waals surface area (Å²) < 4.78 is 4.96. The van der Waals surface area contributed by atoms with Gasteiger partial charge >= 0.3 is 0 Å². The molecule has 0 atom stereocenters. The molecule has 0 radical (unpaired) electrons. The number of furan rings is 1. The van der Waals surface area contributed by atoms with E-state index in [1.54, 1.807) is 18.6 Å². The Morgan fingerprint density at radius 1 is 1.53 bits per heavy atom. The van der Waals surface area contributed by atoms with Gasteiger partial charge in [0.2, 0.25) is 0 Å². The summed E-state index contributed by atoms with van der Waals surface area (Å²) in [6, 6.07) is 3.27. The fourth-order valence-electron chi connectivity index (χ4n) is 1.42. The summed E-state index contributed by atoms with van der Waals surface area (Å²) in [4.78, 5) is 18.4. The van der Waals surface area contributed by atoms with Crippen molar-refractivity contribution in [3.05, 3.63) is 40.8 Å². The molecular weight excluding hydrogens is 192 g/mol. The predicted octanol–water partition coefficient (Wildman–Crippen LogP) is 1.98. The van der Waals surface area contributed by atoms with E-state index in [1.165, 1.54) is 6.07 Å². The van der Waals surface area contributed by atoms with E-state index in [4.69, 9.17) is 4.42 Å². The number of rotatable bonds is 3. The number of aromatic amines is 1. The highest BCUT2D eigenvalue weighted by atomic mass is 16.3. The van der Waals surface area contributed by atoms with Crippen molar-refractivity contribution in [3.8, 4) is 11.3 Å². The average Bonchev–Trinajstić information content (AvgIpc) is 2.70. The molecule has 0 amide bonds. The summed E-state index contributed by atoms with van der Waals surface area (Å²) >= 11 is 0. The lowest BCUT2D eigenvalue weighted by Crippen LogP contribution is -2.10. The number of hydrogen-bond acceptors (Lipinski definition) is 3. The van der Waals surface area contributed by atoms with Crippen LogP contribution in [0.3, 0.4) is 0 Å². The molecule has 15 heavy (non-hydrogen) atoms. The molecule has 2 heterocycles. The molecule has 0 aliphatic heterocycles. The first kappa shape index (κ1) is 9.71. The quantitative estimate of drug-likeness (QED) is 0.831. The van der Waals surface area contributed by atoms with Gasteiger partial charge < -0.3 is 9.40 Å². The molecule has 0 fully saturated rings. The summed E-state index contributed by atoms with van der Waals surface area (Å²) in [5.74, 6) is 0.723. The molecule has 0 unspecified atom stereocenters. The summed E-state index contributed by atoms with van der Waals surface area (Å²) in [7, 11) is 0. The third-order valence-corrected chi connectivity index (χ3v) is 2.09. The van der Waals surface area contributed by atoms with Gasteiger partial charge in [0.1, 0.15) is 5.82 Å². The average molecular weight is 204 g/mol. The first-order chi connectivity index (χ1) is 7.29. The lowest BCUT2D eigenvalue weighted by molar-refractivity contribution is 0.568. The van der Waals surface area contributed by atoms with Gasteiger partial charge in [-0.05, 0) is 12.5 Å². The molecule has 0 aliphatic carbocycles. The Labute approximate surface area is 87.0 Å². The van der Waals surface area contributed by atoms with Crippen molar-refractivity contribution in [2.75, 3.05) is 0 Å². The van der Waals surface area contributed by atoms with Crippen LogP contribution in [-0.4, -0.2) is 9.97 Å². The molecule has 78 valence electrons. The van der Waals surface area contributed by atoms with Crippen molar-refractivity contribution in [1.29, 1.82) is 0 Å². The third-order valence-electron chi connectivity index (χ3n) is 2.09. The Balaban J connectivity index is 2.44. The van der Waals surface area contributed by atoms with Crippen molar-refractivity contribution < 1.29 is 4.42 Å². The second kappa shape index (κ2) is 4.13. The van der Waals surface area contributed by atoms with Crippen molar-refractivity contribution in [3.63, 3.8) is 0 Å². The fraction of sp³-hybridized carbons (Fsp3) is 0.273. The topological polar surface area (TPSA) is 58.9 Å². The number of aromatic nitrogens is 2. The first-order valence-corrected chi connectivity index (χ1v) is 4.92. The maximum atomic E-state index is 11.4. The predicted molar refractivity (Wildman–Crippen MR) is 56.6 cm³/mol. The molecule has 0 saturated carbocycles. The molecule has 4 nitrogen and oxygen atoms in total. The van der Waals surface area contributed by atoms with Gasteiger partial charge in [0.05, 0.1) is 18.2 Å². The van der Waals surface area contributed by atoms with E-state index in [-0.39, 0.29) is 5.56 Å². The summed E-state index contributed by atoms with van der Waals surface area (Å²) in [6.07, 6.45) is 4.88. The highest BCUT2D eigenvalue weighted by Crippen LogP contribution is 2.15. The van der Waals surface area contributed by atoms with Crippen LogP contribution in [0.25, 0.3) is 11.3 Å². The zero-order valence-corrected chi connectivity index (χ0v) is 8.49.